The van der Waals surface area contributed by atoms with Crippen LogP contribution < -0.4 is 0 Å². The molecule has 1 N–H and O–H groups in total. The van der Waals surface area contributed by atoms with Crippen LogP contribution in [0.4, 0.5) is 13.2 Å². The molecule has 0 bridgehead atoms. The van der Waals surface area contributed by atoms with Crippen LogP contribution in [0.25, 0.3) is 0 Å². The van der Waals surface area contributed by atoms with Gasteiger partial charge in [-0.15, -0.1) is 5.92 Å². The van der Waals surface area contributed by atoms with Gasteiger partial charge in [0.15, 0.2) is 0 Å². The third-order valence-corrected chi connectivity index (χ3v) is 3.71. The van der Waals surface area contributed by atoms with Crippen molar-refractivity contribution >= 4 is 0 Å². The van der Waals surface area contributed by atoms with E-state index < -0.39 is 12.8 Å². The molecule has 1 saturated heterocycles. The number of hydrogen-bond donors (Lipinski definition) is 1. The molecule has 122 valence electrons. The zero-order valence-electron chi connectivity index (χ0n) is 13.0. The van der Waals surface area contributed by atoms with Crippen LogP contribution in [0.2, 0.25) is 0 Å². The van der Waals surface area contributed by atoms with E-state index in [0.29, 0.717) is 12.0 Å². The molecule has 22 heavy (non-hydrogen) atoms. The molecule has 1 aliphatic heterocycles. The molecular weight excluding hydrogens is 345 g/mol. The average molecular weight is 368 g/mol. The predicted molar refractivity (Wildman–Crippen MR) is 77.9 cm³/mol. The van der Waals surface area contributed by atoms with Crippen molar-refractivity contribution < 1.29 is 37.8 Å². The van der Waals surface area contributed by atoms with Crippen molar-refractivity contribution in [2.45, 2.75) is 37.9 Å². The summed E-state index contributed by atoms with van der Waals surface area (Å²) >= 11 is 0. The fourth-order valence-electron chi connectivity index (χ4n) is 2.38. The van der Waals surface area contributed by atoms with Gasteiger partial charge in [0.05, 0.1) is 0 Å². The number of benzene rings is 1. The Labute approximate surface area is 143 Å². The van der Waals surface area contributed by atoms with E-state index in [1.54, 1.807) is 0 Å². The minimum absolute atomic E-state index is 0. The van der Waals surface area contributed by atoms with Crippen LogP contribution >= 0.6 is 0 Å². The van der Waals surface area contributed by atoms with Crippen molar-refractivity contribution in [3.05, 3.63) is 42.8 Å². The van der Waals surface area contributed by atoms with Crippen LogP contribution in [0.3, 0.4) is 0 Å². The van der Waals surface area contributed by atoms with Crippen molar-refractivity contribution in [1.82, 2.24) is 4.90 Å². The molecule has 0 aromatic heterocycles. The summed E-state index contributed by atoms with van der Waals surface area (Å²) in [6, 6.07) is 11.2. The Morgan fingerprint density at radius 1 is 1.18 bits per heavy atom. The van der Waals surface area contributed by atoms with Gasteiger partial charge in [-0.25, -0.2) is 0 Å². The van der Waals surface area contributed by atoms with Crippen LogP contribution in [0.5, 0.6) is 0 Å². The van der Waals surface area contributed by atoms with Gasteiger partial charge in [0.25, 0.3) is 0 Å². The van der Waals surface area contributed by atoms with Crippen LogP contribution in [0, 0.1) is 6.92 Å². The van der Waals surface area contributed by atoms with Gasteiger partial charge in [-0.05, 0) is 32.0 Å². The molecule has 1 aromatic rings. The molecule has 1 aromatic carbocycles. The third-order valence-electron chi connectivity index (χ3n) is 3.71. The second-order valence-electron chi connectivity index (χ2n) is 5.27. The number of rotatable bonds is 3. The first-order valence-electron chi connectivity index (χ1n) is 7.15. The summed E-state index contributed by atoms with van der Waals surface area (Å²) in [5.74, 6) is 0.393. The maximum absolute atomic E-state index is 10.5. The van der Waals surface area contributed by atoms with Crippen molar-refractivity contribution in [3.63, 3.8) is 0 Å². The van der Waals surface area contributed by atoms with Gasteiger partial charge in [-0.2, -0.15) is 13.2 Å². The van der Waals surface area contributed by atoms with Crippen LogP contribution in [-0.2, 0) is 19.5 Å². The molecule has 1 fully saturated rings. The normalized spacial score (nSPS) is 17.9. The van der Waals surface area contributed by atoms with Gasteiger partial charge in [0.2, 0.25) is 0 Å². The molecule has 2 unspecified atom stereocenters. The molecule has 0 radical (unpaired) electrons. The van der Waals surface area contributed by atoms with Crippen LogP contribution in [-0.4, -0.2) is 41.9 Å². The summed E-state index contributed by atoms with van der Waals surface area (Å²) in [6.07, 6.45) is -1.70. The number of aliphatic hydroxyl groups is 1. The van der Waals surface area contributed by atoms with Gasteiger partial charge >= 0.3 is 6.18 Å². The van der Waals surface area contributed by atoms with E-state index in [4.69, 9.17) is 5.11 Å². The summed E-state index contributed by atoms with van der Waals surface area (Å²) in [5, 5.41) is 7.28. The van der Waals surface area contributed by atoms with Crippen molar-refractivity contribution in [1.29, 1.82) is 0 Å². The second kappa shape index (κ2) is 10.4. The number of nitrogens with zero attached hydrogens (tertiary/aromatic N) is 1. The monoisotopic (exact) mass is 366 g/mol. The van der Waals surface area contributed by atoms with E-state index in [1.807, 2.05) is 0 Å². The molecule has 2 atom stereocenters. The van der Waals surface area contributed by atoms with Gasteiger partial charge in [0, 0.05) is 19.5 Å². The van der Waals surface area contributed by atoms with E-state index >= 15 is 0 Å². The zero-order valence-corrected chi connectivity index (χ0v) is 16.0. The minimum Gasteiger partial charge on any atom is -0.387 e. The Morgan fingerprint density at radius 3 is 2.05 bits per heavy atom. The topological polar surface area (TPSA) is 23.5 Å². The van der Waals surface area contributed by atoms with E-state index in [9.17, 15) is 13.2 Å². The first-order chi connectivity index (χ1) is 9.85. The summed E-state index contributed by atoms with van der Waals surface area (Å²) in [7, 11) is 0. The fraction of sp³-hybridized carbons (Fsp3) is 0.562. The first kappa shape index (κ1) is 21.6. The molecule has 0 saturated carbocycles. The zero-order chi connectivity index (χ0) is 15.9. The second-order valence-corrected chi connectivity index (χ2v) is 5.27. The molecule has 0 spiro atoms. The maximum Gasteiger partial charge on any atom is 0.411 e. The Bertz CT molecular complexity index is 394. The van der Waals surface area contributed by atoms with E-state index in [0.717, 1.165) is 0 Å². The summed E-state index contributed by atoms with van der Waals surface area (Å²) < 4.78 is 31.6. The molecule has 0 aliphatic carbocycles. The largest absolute Gasteiger partial charge is 0.411 e. The number of hydrogen-bond acceptors (Lipinski definition) is 2. The smallest absolute Gasteiger partial charge is 0.387 e. The Hall–Kier alpha value is -0.447. The maximum atomic E-state index is 10.5. The standard InChI is InChI=1S/C14H20N.C2H3F3O.Zn/c1-12(14-8-4-3-5-9-14)13(2)15-10-6-7-11-15;3-2(4,5)1-6;/h3-5,8-9,12-13H,1,6-7,10-11H2,2H3;6H,1H2;/q-1;;. The van der Waals surface area contributed by atoms with E-state index in [1.165, 1.54) is 31.5 Å². The van der Waals surface area contributed by atoms with Gasteiger partial charge in [0.1, 0.15) is 6.61 Å². The third kappa shape index (κ3) is 7.71. The fourth-order valence-corrected chi connectivity index (χ4v) is 2.38. The first-order valence-corrected chi connectivity index (χ1v) is 7.15. The SMILES string of the molecule is OCC(F)(F)F.[CH2-]C(c1ccccc1)C(C)N1CCCC1.[Zn]. The van der Waals surface area contributed by atoms with Crippen molar-refractivity contribution in [3.8, 4) is 0 Å². The summed E-state index contributed by atoms with van der Waals surface area (Å²) in [6.45, 7) is 7.38. The molecule has 2 rings (SSSR count). The predicted octanol–water partition coefficient (Wildman–Crippen LogP) is 3.63. The van der Waals surface area contributed by atoms with E-state index in [-0.39, 0.29) is 19.5 Å². The number of halogens is 3. The number of likely N-dealkylation sites (tertiary alicyclic amines) is 1. The van der Waals surface area contributed by atoms with Gasteiger partial charge in [-0.3, -0.25) is 0 Å². The molecule has 0 amide bonds. The van der Waals surface area contributed by atoms with Crippen LogP contribution in [0.15, 0.2) is 30.3 Å². The minimum atomic E-state index is -4.40. The molecule has 1 heterocycles. The van der Waals surface area contributed by atoms with E-state index in [2.05, 4.69) is 49.1 Å². The number of aliphatic hydroxyl groups excluding tert-OH is 1. The van der Waals surface area contributed by atoms with Crippen LogP contribution in [0.1, 0.15) is 31.2 Å². The average Bonchev–Trinajstić information content (AvgIpc) is 3.01. The molecule has 2 nitrogen and oxygen atoms in total. The summed E-state index contributed by atoms with van der Waals surface area (Å²) in [4.78, 5) is 2.56. The van der Waals surface area contributed by atoms with Gasteiger partial charge < -0.3 is 16.9 Å². The number of alkyl halides is 3. The van der Waals surface area contributed by atoms with Crippen molar-refractivity contribution in [2.75, 3.05) is 19.7 Å². The molecule has 1 aliphatic rings. The Morgan fingerprint density at radius 2 is 1.64 bits per heavy atom. The molecule has 6 heteroatoms. The van der Waals surface area contributed by atoms with Gasteiger partial charge in [-0.1, -0.05) is 42.8 Å². The molecular formula is C16H23F3NOZn-. The summed E-state index contributed by atoms with van der Waals surface area (Å²) in [5.41, 5.74) is 1.36. The van der Waals surface area contributed by atoms with Crippen molar-refractivity contribution in [2.24, 2.45) is 0 Å². The Kier molecular flexibility index (Phi) is 10.1. The quantitative estimate of drug-likeness (QED) is 0.651. The Balaban J connectivity index is 0.000000546.